The van der Waals surface area contributed by atoms with Gasteiger partial charge in [0.15, 0.2) is 11.5 Å². The van der Waals surface area contributed by atoms with E-state index in [0.717, 1.165) is 60.8 Å². The molecule has 0 aliphatic carbocycles. The standard InChI is InChI=1S/C21H21N5O/c1-4-16(12-22-9-1)17-7-8-20-23-21(24-26(20)14-17)18-5-2-10-25(13-18)15-19-6-3-11-27-19/h1,3-4,6-9,11-12,14,18H,2,5,10,13,15H2/t18-/m1/s1. The number of likely N-dealkylation sites (tertiary alicyclic amines) is 1. The van der Waals surface area contributed by atoms with Gasteiger partial charge in [-0.15, -0.1) is 0 Å². The van der Waals surface area contributed by atoms with Gasteiger partial charge in [-0.25, -0.2) is 9.50 Å². The van der Waals surface area contributed by atoms with Gasteiger partial charge in [0.25, 0.3) is 0 Å². The first kappa shape index (κ1) is 16.2. The maximum atomic E-state index is 5.50. The third-order valence-corrected chi connectivity index (χ3v) is 5.17. The number of pyridine rings is 2. The van der Waals surface area contributed by atoms with Gasteiger partial charge in [0.05, 0.1) is 12.8 Å². The Bertz CT molecular complexity index is 1030. The van der Waals surface area contributed by atoms with E-state index in [1.807, 2.05) is 41.2 Å². The molecule has 1 fully saturated rings. The van der Waals surface area contributed by atoms with Crippen molar-refractivity contribution < 1.29 is 4.42 Å². The number of fused-ring (bicyclic) bond motifs is 1. The van der Waals surface area contributed by atoms with Crippen LogP contribution in [0.2, 0.25) is 0 Å². The van der Waals surface area contributed by atoms with Crippen LogP contribution < -0.4 is 0 Å². The summed E-state index contributed by atoms with van der Waals surface area (Å²) in [6, 6.07) is 12.1. The van der Waals surface area contributed by atoms with Gasteiger partial charge in [0.2, 0.25) is 0 Å². The van der Waals surface area contributed by atoms with Crippen molar-refractivity contribution in [2.45, 2.75) is 25.3 Å². The Morgan fingerprint density at radius 2 is 2.11 bits per heavy atom. The normalized spacial score (nSPS) is 18.1. The van der Waals surface area contributed by atoms with Crippen LogP contribution in [0.4, 0.5) is 0 Å². The van der Waals surface area contributed by atoms with Crippen LogP contribution in [0.25, 0.3) is 16.8 Å². The summed E-state index contributed by atoms with van der Waals surface area (Å²) >= 11 is 0. The van der Waals surface area contributed by atoms with Crippen molar-refractivity contribution in [3.8, 4) is 11.1 Å². The predicted molar refractivity (Wildman–Crippen MR) is 102 cm³/mol. The Morgan fingerprint density at radius 3 is 2.96 bits per heavy atom. The molecule has 27 heavy (non-hydrogen) atoms. The lowest BCUT2D eigenvalue weighted by molar-refractivity contribution is 0.183. The fraction of sp³-hybridized carbons (Fsp3) is 0.286. The molecule has 0 unspecified atom stereocenters. The molecule has 1 saturated heterocycles. The van der Waals surface area contributed by atoms with E-state index >= 15 is 0 Å². The molecular weight excluding hydrogens is 338 g/mol. The predicted octanol–water partition coefficient (Wildman–Crippen LogP) is 3.76. The van der Waals surface area contributed by atoms with Gasteiger partial charge < -0.3 is 4.42 Å². The molecule has 6 nitrogen and oxygen atoms in total. The summed E-state index contributed by atoms with van der Waals surface area (Å²) in [4.78, 5) is 11.4. The second kappa shape index (κ2) is 6.96. The Labute approximate surface area is 157 Å². The highest BCUT2D eigenvalue weighted by atomic mass is 16.3. The smallest absolute Gasteiger partial charge is 0.156 e. The monoisotopic (exact) mass is 359 g/mol. The molecular formula is C21H21N5O. The average Bonchev–Trinajstić information content (AvgIpc) is 3.38. The van der Waals surface area contributed by atoms with Crippen LogP contribution in [-0.2, 0) is 6.54 Å². The van der Waals surface area contributed by atoms with Gasteiger partial charge >= 0.3 is 0 Å². The first-order valence-corrected chi connectivity index (χ1v) is 9.36. The van der Waals surface area contributed by atoms with Crippen LogP contribution in [-0.4, -0.2) is 37.6 Å². The van der Waals surface area contributed by atoms with Crippen LogP contribution in [0.3, 0.4) is 0 Å². The molecule has 5 heterocycles. The molecule has 0 spiro atoms. The van der Waals surface area contributed by atoms with Crippen molar-refractivity contribution in [3.63, 3.8) is 0 Å². The van der Waals surface area contributed by atoms with Crippen molar-refractivity contribution in [3.05, 3.63) is 72.8 Å². The van der Waals surface area contributed by atoms with Gasteiger partial charge in [-0.3, -0.25) is 9.88 Å². The number of hydrogen-bond donors (Lipinski definition) is 0. The molecule has 6 heteroatoms. The van der Waals surface area contributed by atoms with Crippen molar-refractivity contribution in [2.24, 2.45) is 0 Å². The third kappa shape index (κ3) is 3.36. The third-order valence-electron chi connectivity index (χ3n) is 5.17. The zero-order valence-electron chi connectivity index (χ0n) is 15.0. The minimum atomic E-state index is 0.357. The molecule has 136 valence electrons. The van der Waals surface area contributed by atoms with Crippen molar-refractivity contribution in [1.29, 1.82) is 0 Å². The second-order valence-electron chi connectivity index (χ2n) is 7.09. The van der Waals surface area contributed by atoms with Crippen LogP contribution in [0.15, 0.2) is 65.7 Å². The van der Waals surface area contributed by atoms with E-state index in [4.69, 9.17) is 14.5 Å². The number of furan rings is 1. The first-order chi connectivity index (χ1) is 13.3. The highest BCUT2D eigenvalue weighted by Crippen LogP contribution is 2.27. The molecule has 1 aliphatic rings. The van der Waals surface area contributed by atoms with Gasteiger partial charge in [-0.05, 0) is 49.7 Å². The number of aromatic nitrogens is 4. The quantitative estimate of drug-likeness (QED) is 0.555. The van der Waals surface area contributed by atoms with Crippen molar-refractivity contribution in [1.82, 2.24) is 24.5 Å². The minimum Gasteiger partial charge on any atom is -0.468 e. The fourth-order valence-electron chi connectivity index (χ4n) is 3.81. The van der Waals surface area contributed by atoms with E-state index in [9.17, 15) is 0 Å². The summed E-state index contributed by atoms with van der Waals surface area (Å²) in [5.74, 6) is 2.30. The van der Waals surface area contributed by atoms with Crippen LogP contribution in [0.5, 0.6) is 0 Å². The van der Waals surface area contributed by atoms with E-state index in [-0.39, 0.29) is 0 Å². The van der Waals surface area contributed by atoms with E-state index < -0.39 is 0 Å². The highest BCUT2D eigenvalue weighted by molar-refractivity contribution is 5.63. The Morgan fingerprint density at radius 1 is 1.11 bits per heavy atom. The van der Waals surface area contributed by atoms with Gasteiger partial charge in [0.1, 0.15) is 5.76 Å². The zero-order valence-corrected chi connectivity index (χ0v) is 15.0. The molecule has 0 saturated carbocycles. The number of nitrogens with zero attached hydrogens (tertiary/aromatic N) is 5. The molecule has 0 amide bonds. The first-order valence-electron chi connectivity index (χ1n) is 9.36. The molecule has 0 radical (unpaired) electrons. The zero-order chi connectivity index (χ0) is 18.1. The average molecular weight is 359 g/mol. The molecule has 0 N–H and O–H groups in total. The number of hydrogen-bond acceptors (Lipinski definition) is 5. The lowest BCUT2D eigenvalue weighted by Gasteiger charge is -2.30. The Hall–Kier alpha value is -2.99. The molecule has 0 bridgehead atoms. The second-order valence-corrected chi connectivity index (χ2v) is 7.09. The summed E-state index contributed by atoms with van der Waals surface area (Å²) in [5, 5.41) is 4.79. The van der Waals surface area contributed by atoms with Crippen LogP contribution >= 0.6 is 0 Å². The maximum Gasteiger partial charge on any atom is 0.156 e. The lowest BCUT2D eigenvalue weighted by atomic mass is 9.97. The summed E-state index contributed by atoms with van der Waals surface area (Å²) < 4.78 is 7.39. The Balaban J connectivity index is 1.38. The fourth-order valence-corrected chi connectivity index (χ4v) is 3.81. The molecule has 1 aliphatic heterocycles. The molecule has 1 atom stereocenters. The summed E-state index contributed by atoms with van der Waals surface area (Å²) in [6.45, 7) is 2.91. The largest absolute Gasteiger partial charge is 0.468 e. The van der Waals surface area contributed by atoms with Gasteiger partial charge in [0, 0.05) is 42.2 Å². The summed E-state index contributed by atoms with van der Waals surface area (Å²) in [6.07, 6.45) is 9.70. The minimum absolute atomic E-state index is 0.357. The number of rotatable bonds is 4. The van der Waals surface area contributed by atoms with Gasteiger partial charge in [-0.1, -0.05) is 6.07 Å². The summed E-state index contributed by atoms with van der Waals surface area (Å²) in [5.41, 5.74) is 3.06. The van der Waals surface area contributed by atoms with Crippen molar-refractivity contribution in [2.75, 3.05) is 13.1 Å². The van der Waals surface area contributed by atoms with E-state index in [0.29, 0.717) is 5.92 Å². The van der Waals surface area contributed by atoms with Crippen LogP contribution in [0, 0.1) is 0 Å². The maximum absolute atomic E-state index is 5.50. The topological polar surface area (TPSA) is 59.5 Å². The van der Waals surface area contributed by atoms with Gasteiger partial charge in [-0.2, -0.15) is 5.10 Å². The van der Waals surface area contributed by atoms with E-state index in [1.165, 1.54) is 0 Å². The molecule has 5 rings (SSSR count). The highest BCUT2D eigenvalue weighted by Gasteiger charge is 2.25. The Kier molecular flexibility index (Phi) is 4.18. The molecule has 4 aromatic rings. The van der Waals surface area contributed by atoms with Crippen LogP contribution in [0.1, 0.15) is 30.3 Å². The molecule has 0 aromatic carbocycles. The number of piperidine rings is 1. The lowest BCUT2D eigenvalue weighted by Crippen LogP contribution is -2.34. The van der Waals surface area contributed by atoms with E-state index in [1.54, 1.807) is 12.5 Å². The molecule has 4 aromatic heterocycles. The summed E-state index contributed by atoms with van der Waals surface area (Å²) in [7, 11) is 0. The SMILES string of the molecule is c1cncc(-c2ccc3nc([C@@H]4CCCN(Cc5ccco5)C4)nn3c2)c1. The van der Waals surface area contributed by atoms with E-state index in [2.05, 4.69) is 22.0 Å². The van der Waals surface area contributed by atoms with Crippen molar-refractivity contribution >= 4 is 5.65 Å².